The third-order valence-electron chi connectivity index (χ3n) is 9.64. The van der Waals surface area contributed by atoms with Crippen molar-refractivity contribution in [2.24, 2.45) is 17.8 Å². The smallest absolute Gasteiger partial charge is 0.324 e. The highest BCUT2D eigenvalue weighted by atomic mass is 31.2. The van der Waals surface area contributed by atoms with Crippen molar-refractivity contribution in [3.05, 3.63) is 40.3 Å². The Hall–Kier alpha value is -1.53. The molecule has 2 saturated heterocycles. The molecule has 2 N–H and O–H groups in total. The highest BCUT2D eigenvalue weighted by molar-refractivity contribution is 7.51. The summed E-state index contributed by atoms with van der Waals surface area (Å²) in [5, 5.41) is 0. The fraction of sp³-hybridized carbons (Fsp3) is 0.714. The van der Waals surface area contributed by atoms with Crippen molar-refractivity contribution >= 4 is 18.6 Å². The summed E-state index contributed by atoms with van der Waals surface area (Å²) in [5.74, 6) is 2.66. The Balaban J connectivity index is 1.30. The Morgan fingerprint density at radius 1 is 0.917 bits per heavy atom. The van der Waals surface area contributed by atoms with E-state index in [-0.39, 0.29) is 29.9 Å². The van der Waals surface area contributed by atoms with Gasteiger partial charge < -0.3 is 14.4 Å². The third-order valence-corrected chi connectivity index (χ3v) is 10.5. The predicted molar refractivity (Wildman–Crippen MR) is 141 cm³/mol. The minimum absolute atomic E-state index is 0.00290. The van der Waals surface area contributed by atoms with Gasteiger partial charge in [0.05, 0.1) is 17.2 Å². The van der Waals surface area contributed by atoms with Crippen molar-refractivity contribution in [1.82, 2.24) is 14.5 Å². The van der Waals surface area contributed by atoms with Crippen molar-refractivity contribution in [3.8, 4) is 0 Å². The largest absolute Gasteiger partial charge is 0.325 e. The van der Waals surface area contributed by atoms with Gasteiger partial charge in [0.15, 0.2) is 0 Å². The van der Waals surface area contributed by atoms with E-state index in [0.29, 0.717) is 18.1 Å². The molecule has 2 aliphatic carbocycles. The third kappa shape index (κ3) is 4.84. The molecule has 36 heavy (non-hydrogen) atoms. The monoisotopic (exact) mass is 513 g/mol. The number of piperidine rings is 2. The molecule has 2 aromatic rings. The maximum atomic E-state index is 13.7. The fourth-order valence-corrected chi connectivity index (χ4v) is 9.07. The fourth-order valence-electron chi connectivity index (χ4n) is 8.57. The second-order valence-corrected chi connectivity index (χ2v) is 14.1. The molecule has 3 heterocycles. The maximum Gasteiger partial charge on any atom is 0.325 e. The Morgan fingerprint density at radius 2 is 1.58 bits per heavy atom. The number of aryl methyl sites for hydroxylation is 1. The first-order valence-corrected chi connectivity index (χ1v) is 15.9. The van der Waals surface area contributed by atoms with Crippen molar-refractivity contribution < 1.29 is 14.4 Å². The van der Waals surface area contributed by atoms with E-state index in [9.17, 15) is 19.1 Å². The van der Waals surface area contributed by atoms with Crippen LogP contribution in [0.3, 0.4) is 0 Å². The van der Waals surface area contributed by atoms with E-state index in [4.69, 9.17) is 0 Å². The van der Waals surface area contributed by atoms with E-state index >= 15 is 0 Å². The van der Waals surface area contributed by atoms with Gasteiger partial charge in [-0.1, -0.05) is 25.5 Å². The molecule has 7 nitrogen and oxygen atoms in total. The number of nitrogens with zero attached hydrogens (tertiary/aromatic N) is 3. The lowest BCUT2D eigenvalue weighted by Crippen LogP contribution is -2.59. The Morgan fingerprint density at radius 3 is 2.25 bits per heavy atom. The number of aromatic nitrogens is 2. The van der Waals surface area contributed by atoms with Gasteiger partial charge in [0.25, 0.3) is 5.56 Å². The first-order valence-electron chi connectivity index (χ1n) is 14.1. The van der Waals surface area contributed by atoms with E-state index in [2.05, 4.69) is 16.8 Å². The lowest BCUT2D eigenvalue weighted by molar-refractivity contribution is -0.0525. The molecule has 4 bridgehead atoms. The van der Waals surface area contributed by atoms with Crippen LogP contribution in [0.4, 0.5) is 0 Å². The molecule has 3 unspecified atom stereocenters. The summed E-state index contributed by atoms with van der Waals surface area (Å²) in [6.07, 6.45) is 12.2. The van der Waals surface area contributed by atoms with Gasteiger partial charge in [0.2, 0.25) is 0 Å². The van der Waals surface area contributed by atoms with Gasteiger partial charge in [-0.15, -0.1) is 0 Å². The molecule has 1 aromatic carbocycles. The summed E-state index contributed by atoms with van der Waals surface area (Å²) >= 11 is 0. The van der Waals surface area contributed by atoms with Gasteiger partial charge in [0, 0.05) is 30.6 Å². The molecule has 4 fully saturated rings. The Labute approximate surface area is 213 Å². The average molecular weight is 514 g/mol. The van der Waals surface area contributed by atoms with Crippen LogP contribution in [0.15, 0.2) is 29.1 Å². The summed E-state index contributed by atoms with van der Waals surface area (Å²) in [5.41, 5.74) is 1.69. The van der Waals surface area contributed by atoms with Crippen LogP contribution in [-0.4, -0.2) is 48.5 Å². The highest BCUT2D eigenvalue weighted by Gasteiger charge is 2.46. The van der Waals surface area contributed by atoms with Crippen molar-refractivity contribution in [2.45, 2.75) is 102 Å². The van der Waals surface area contributed by atoms with Crippen LogP contribution in [0.2, 0.25) is 0 Å². The quantitative estimate of drug-likeness (QED) is 0.553. The van der Waals surface area contributed by atoms with E-state index in [1.54, 1.807) is 0 Å². The standard InChI is InChI=1S/C28H40N3O4P/c1-18-11-19-13-20(12-18)15-23(14-19)30-21-5-4-6-22(30)17-24(16-21)31-27-8-3-2-7-25(27)29-26(28(31)32)9-10-36(33,34)35/h2-3,7-8,18-24H,4-6,9-17H2,1H3,(H2,33,34,35)/t18?,19-,20+,21-,22+,23?,24?. The molecule has 2 saturated carbocycles. The highest BCUT2D eigenvalue weighted by Crippen LogP contribution is 2.48. The van der Waals surface area contributed by atoms with Crippen LogP contribution in [0, 0.1) is 17.8 Å². The summed E-state index contributed by atoms with van der Waals surface area (Å²) in [6, 6.07) is 9.58. The number of para-hydroxylation sites is 2. The number of rotatable bonds is 5. The molecule has 196 valence electrons. The topological polar surface area (TPSA) is 95.7 Å². The van der Waals surface area contributed by atoms with Gasteiger partial charge in [0.1, 0.15) is 5.69 Å². The molecule has 4 aliphatic rings. The van der Waals surface area contributed by atoms with Crippen LogP contribution >= 0.6 is 7.60 Å². The van der Waals surface area contributed by atoms with Crippen molar-refractivity contribution in [3.63, 3.8) is 0 Å². The maximum absolute atomic E-state index is 13.7. The van der Waals surface area contributed by atoms with Crippen LogP contribution in [0.25, 0.3) is 11.0 Å². The molecule has 1 aromatic heterocycles. The van der Waals surface area contributed by atoms with Crippen LogP contribution in [0.5, 0.6) is 0 Å². The molecule has 2 aliphatic heterocycles. The molecule has 0 spiro atoms. The van der Waals surface area contributed by atoms with Crippen LogP contribution in [-0.2, 0) is 11.0 Å². The van der Waals surface area contributed by atoms with Crippen LogP contribution in [0.1, 0.15) is 82.9 Å². The van der Waals surface area contributed by atoms with E-state index in [1.807, 2.05) is 28.8 Å². The molecular formula is C28H40N3O4P. The van der Waals surface area contributed by atoms with Gasteiger partial charge in [-0.25, -0.2) is 4.98 Å². The molecule has 0 amide bonds. The molecule has 7 atom stereocenters. The van der Waals surface area contributed by atoms with Crippen molar-refractivity contribution in [2.75, 3.05) is 6.16 Å². The summed E-state index contributed by atoms with van der Waals surface area (Å²) in [6.45, 7) is 2.44. The zero-order valence-corrected chi connectivity index (χ0v) is 22.2. The van der Waals surface area contributed by atoms with E-state index < -0.39 is 7.60 Å². The van der Waals surface area contributed by atoms with Gasteiger partial charge in [-0.3, -0.25) is 14.3 Å². The Bertz CT molecular complexity index is 1190. The summed E-state index contributed by atoms with van der Waals surface area (Å²) in [4.78, 5) is 40.0. The minimum Gasteiger partial charge on any atom is -0.324 e. The number of hydrogen-bond donors (Lipinski definition) is 2. The number of hydrogen-bond acceptors (Lipinski definition) is 4. The van der Waals surface area contributed by atoms with Gasteiger partial charge in [-0.05, 0) is 87.7 Å². The van der Waals surface area contributed by atoms with Crippen molar-refractivity contribution in [1.29, 1.82) is 0 Å². The summed E-state index contributed by atoms with van der Waals surface area (Å²) < 4.78 is 13.5. The van der Waals surface area contributed by atoms with Gasteiger partial charge >= 0.3 is 7.60 Å². The molecular weight excluding hydrogens is 473 g/mol. The summed E-state index contributed by atoms with van der Waals surface area (Å²) in [7, 11) is -4.21. The Kier molecular flexibility index (Phi) is 6.64. The number of fused-ring (bicyclic) bond motifs is 5. The molecule has 0 radical (unpaired) electrons. The van der Waals surface area contributed by atoms with E-state index in [0.717, 1.165) is 41.6 Å². The second kappa shape index (κ2) is 9.65. The molecule has 8 heteroatoms. The molecule has 6 rings (SSSR count). The first kappa shape index (κ1) is 24.8. The minimum atomic E-state index is -4.21. The predicted octanol–water partition coefficient (Wildman–Crippen LogP) is 4.89. The van der Waals surface area contributed by atoms with Crippen LogP contribution < -0.4 is 5.56 Å². The zero-order valence-electron chi connectivity index (χ0n) is 21.3. The lowest BCUT2D eigenvalue weighted by atomic mass is 9.65. The first-order chi connectivity index (χ1) is 17.2. The lowest BCUT2D eigenvalue weighted by Gasteiger charge is -2.55. The zero-order chi connectivity index (χ0) is 25.0. The SMILES string of the molecule is CC1C[C@@H]2CC(N3[C@@H]4CCC[C@H]3CC(n3c(=O)c(CCP(=O)(O)O)nc5ccccc53)C4)C[C@H](C1)C2. The van der Waals surface area contributed by atoms with Gasteiger partial charge in [-0.2, -0.15) is 0 Å². The average Bonchev–Trinajstić information content (AvgIpc) is 2.80. The second-order valence-electron chi connectivity index (χ2n) is 12.3. The van der Waals surface area contributed by atoms with E-state index in [1.165, 1.54) is 51.4 Å². The normalized spacial score (nSPS) is 35.1. The number of benzene rings is 1.